The number of hydrogen-bond donors (Lipinski definition) is 2. The van der Waals surface area contributed by atoms with E-state index >= 15 is 0 Å². The third-order valence-electron chi connectivity index (χ3n) is 4.44. The van der Waals surface area contributed by atoms with Crippen LogP contribution in [0.4, 0.5) is 0 Å². The number of hydrogen-bond acceptors (Lipinski definition) is 3. The van der Waals surface area contributed by atoms with Gasteiger partial charge in [-0.15, -0.1) is 0 Å². The van der Waals surface area contributed by atoms with Crippen molar-refractivity contribution in [3.05, 3.63) is 77.0 Å². The van der Waals surface area contributed by atoms with Crippen molar-refractivity contribution in [1.29, 1.82) is 0 Å². The van der Waals surface area contributed by atoms with E-state index in [2.05, 4.69) is 26.2 Å². The minimum atomic E-state index is -3.71. The van der Waals surface area contributed by atoms with E-state index in [4.69, 9.17) is 0 Å². The Morgan fingerprint density at radius 3 is 2.59 bits per heavy atom. The number of nitrogens with one attached hydrogen (secondary N) is 2. The highest BCUT2D eigenvalue weighted by atomic mass is 79.9. The lowest BCUT2D eigenvalue weighted by molar-refractivity contribution is 0.588. The Morgan fingerprint density at radius 1 is 1.07 bits per heavy atom. The zero-order valence-electron chi connectivity index (χ0n) is 14.6. The summed E-state index contributed by atoms with van der Waals surface area (Å²) in [5.41, 5.74) is 3.42. The van der Waals surface area contributed by atoms with Gasteiger partial charge in [-0.2, -0.15) is 0 Å². The summed E-state index contributed by atoms with van der Waals surface area (Å²) < 4.78 is 28.8. The summed E-state index contributed by atoms with van der Waals surface area (Å²) in [5, 5.41) is 4.12. The summed E-state index contributed by atoms with van der Waals surface area (Å²) in [7, 11) is -1.87. The number of benzene rings is 2. The molecule has 0 radical (unpaired) electrons. The summed E-state index contributed by atoms with van der Waals surface area (Å²) in [6.07, 6.45) is 3.56. The van der Waals surface area contributed by atoms with Gasteiger partial charge in [0.25, 0.3) is 10.0 Å². The lowest BCUT2D eigenvalue weighted by Crippen LogP contribution is -2.13. The van der Waals surface area contributed by atoms with E-state index in [1.54, 1.807) is 30.5 Å². The molecular formula is C20H18BrN3O2S. The molecular weight excluding hydrogens is 426 g/mol. The van der Waals surface area contributed by atoms with Crippen molar-refractivity contribution in [1.82, 2.24) is 14.3 Å². The molecule has 0 aliphatic carbocycles. The Balaban J connectivity index is 1.90. The number of aromatic amines is 1. The van der Waals surface area contributed by atoms with Crippen LogP contribution in [0.1, 0.15) is 5.56 Å². The van der Waals surface area contributed by atoms with Crippen LogP contribution in [0.25, 0.3) is 22.2 Å². The van der Waals surface area contributed by atoms with E-state index < -0.39 is 10.0 Å². The van der Waals surface area contributed by atoms with Gasteiger partial charge in [0.2, 0.25) is 0 Å². The molecule has 0 fully saturated rings. The molecule has 0 aliphatic rings. The van der Waals surface area contributed by atoms with Gasteiger partial charge in [-0.25, -0.2) is 12.4 Å². The van der Waals surface area contributed by atoms with Crippen molar-refractivity contribution in [2.45, 2.75) is 11.4 Å². The minimum Gasteiger partial charge on any atom is -0.361 e. The molecule has 27 heavy (non-hydrogen) atoms. The summed E-state index contributed by atoms with van der Waals surface area (Å²) in [5.74, 6) is 0. The molecule has 0 bridgehead atoms. The van der Waals surface area contributed by atoms with Crippen LogP contribution in [0.3, 0.4) is 0 Å². The fourth-order valence-corrected chi connectivity index (χ4v) is 4.80. The number of nitrogens with zero attached hydrogens (tertiary/aromatic N) is 1. The molecule has 0 unspecified atom stereocenters. The van der Waals surface area contributed by atoms with E-state index in [0.29, 0.717) is 12.2 Å². The normalized spacial score (nSPS) is 11.9. The number of halogens is 1. The lowest BCUT2D eigenvalue weighted by Gasteiger charge is -2.11. The summed E-state index contributed by atoms with van der Waals surface area (Å²) in [6.45, 7) is 0.586. The third-order valence-corrected chi connectivity index (χ3v) is 6.66. The van der Waals surface area contributed by atoms with Crippen molar-refractivity contribution in [3.63, 3.8) is 0 Å². The van der Waals surface area contributed by atoms with Crippen LogP contribution in [0.2, 0.25) is 0 Å². The first-order valence-electron chi connectivity index (χ1n) is 8.43. The molecule has 0 saturated carbocycles. The van der Waals surface area contributed by atoms with Crippen molar-refractivity contribution in [2.75, 3.05) is 7.05 Å². The predicted molar refractivity (Wildman–Crippen MR) is 111 cm³/mol. The molecule has 4 rings (SSSR count). The number of aromatic nitrogens is 2. The Kier molecular flexibility index (Phi) is 4.67. The van der Waals surface area contributed by atoms with Gasteiger partial charge in [0, 0.05) is 34.3 Å². The van der Waals surface area contributed by atoms with E-state index in [1.807, 2.05) is 43.6 Å². The van der Waals surface area contributed by atoms with Crippen LogP contribution in [0, 0.1) is 0 Å². The number of H-pyrrole nitrogens is 1. The standard InChI is InChI=1S/C20H18BrN3O2S/c1-22-12-14-10-20(16-2-7-19-15(11-16)8-9-23-19)24(13-14)27(25,26)18-5-3-17(21)4-6-18/h2-11,13,22-23H,12H2,1H3. The third kappa shape index (κ3) is 3.34. The molecule has 4 aromatic rings. The molecule has 2 aromatic carbocycles. The van der Waals surface area contributed by atoms with Crippen molar-refractivity contribution in [3.8, 4) is 11.3 Å². The van der Waals surface area contributed by atoms with Crippen molar-refractivity contribution >= 4 is 36.9 Å². The van der Waals surface area contributed by atoms with Gasteiger partial charge in [-0.3, -0.25) is 0 Å². The van der Waals surface area contributed by atoms with E-state index in [-0.39, 0.29) is 4.90 Å². The molecule has 7 heteroatoms. The quantitative estimate of drug-likeness (QED) is 0.481. The maximum atomic E-state index is 13.3. The maximum absolute atomic E-state index is 13.3. The second kappa shape index (κ2) is 6.99. The highest BCUT2D eigenvalue weighted by Crippen LogP contribution is 2.29. The lowest BCUT2D eigenvalue weighted by atomic mass is 10.1. The van der Waals surface area contributed by atoms with E-state index in [0.717, 1.165) is 26.5 Å². The van der Waals surface area contributed by atoms with Crippen molar-refractivity contribution < 1.29 is 8.42 Å². The zero-order valence-corrected chi connectivity index (χ0v) is 17.0. The molecule has 2 aromatic heterocycles. The molecule has 0 atom stereocenters. The SMILES string of the molecule is CNCc1cc(-c2ccc3[nH]ccc3c2)n(S(=O)(=O)c2ccc(Br)cc2)c1. The fourth-order valence-electron chi connectivity index (χ4n) is 3.14. The average Bonchev–Trinajstić information content (AvgIpc) is 3.28. The molecule has 138 valence electrons. The van der Waals surface area contributed by atoms with Gasteiger partial charge in [-0.1, -0.05) is 22.0 Å². The summed E-state index contributed by atoms with van der Waals surface area (Å²) >= 11 is 3.35. The van der Waals surface area contributed by atoms with Gasteiger partial charge in [0.15, 0.2) is 0 Å². The highest BCUT2D eigenvalue weighted by molar-refractivity contribution is 9.10. The van der Waals surface area contributed by atoms with Gasteiger partial charge in [-0.05, 0) is 66.7 Å². The Labute approximate surface area is 166 Å². The smallest absolute Gasteiger partial charge is 0.268 e. The Morgan fingerprint density at radius 2 is 1.85 bits per heavy atom. The molecule has 2 heterocycles. The van der Waals surface area contributed by atoms with Crippen LogP contribution < -0.4 is 5.32 Å². The summed E-state index contributed by atoms with van der Waals surface area (Å²) in [4.78, 5) is 3.41. The first-order chi connectivity index (χ1) is 13.0. The fraction of sp³-hybridized carbons (Fsp3) is 0.100. The van der Waals surface area contributed by atoms with Crippen LogP contribution in [-0.4, -0.2) is 24.4 Å². The highest BCUT2D eigenvalue weighted by Gasteiger charge is 2.22. The first-order valence-corrected chi connectivity index (χ1v) is 10.7. The average molecular weight is 444 g/mol. The second-order valence-corrected chi connectivity index (χ2v) is 9.03. The van der Waals surface area contributed by atoms with Crippen LogP contribution in [-0.2, 0) is 16.6 Å². The number of fused-ring (bicyclic) bond motifs is 1. The van der Waals surface area contributed by atoms with Gasteiger partial charge >= 0.3 is 0 Å². The van der Waals surface area contributed by atoms with Gasteiger partial charge < -0.3 is 10.3 Å². The monoisotopic (exact) mass is 443 g/mol. The molecule has 0 spiro atoms. The van der Waals surface area contributed by atoms with Crippen molar-refractivity contribution in [2.24, 2.45) is 0 Å². The molecule has 5 nitrogen and oxygen atoms in total. The van der Waals surface area contributed by atoms with Crippen LogP contribution >= 0.6 is 15.9 Å². The predicted octanol–water partition coefficient (Wildman–Crippen LogP) is 4.36. The topological polar surface area (TPSA) is 66.9 Å². The van der Waals surface area contributed by atoms with Crippen LogP contribution in [0.15, 0.2) is 76.4 Å². The molecule has 0 saturated heterocycles. The van der Waals surface area contributed by atoms with Gasteiger partial charge in [0.1, 0.15) is 0 Å². The largest absolute Gasteiger partial charge is 0.361 e. The van der Waals surface area contributed by atoms with E-state index in [9.17, 15) is 8.42 Å². The number of rotatable bonds is 5. The Bertz CT molecular complexity index is 1210. The van der Waals surface area contributed by atoms with E-state index in [1.165, 1.54) is 3.97 Å². The van der Waals surface area contributed by atoms with Crippen LogP contribution in [0.5, 0.6) is 0 Å². The second-order valence-electron chi connectivity index (χ2n) is 6.30. The molecule has 0 amide bonds. The minimum absolute atomic E-state index is 0.251. The molecule has 2 N–H and O–H groups in total. The zero-order chi connectivity index (χ0) is 19.0. The molecule has 0 aliphatic heterocycles. The first kappa shape index (κ1) is 18.0. The summed E-state index contributed by atoms with van der Waals surface area (Å²) in [6, 6.07) is 16.5. The maximum Gasteiger partial charge on any atom is 0.268 e. The van der Waals surface area contributed by atoms with Gasteiger partial charge in [0.05, 0.1) is 10.6 Å². The Hall–Kier alpha value is -2.35.